The van der Waals surface area contributed by atoms with Gasteiger partial charge in [-0.2, -0.15) is 0 Å². The molecule has 1 fully saturated rings. The molecule has 1 aliphatic carbocycles. The van der Waals surface area contributed by atoms with Crippen molar-refractivity contribution in [3.05, 3.63) is 35.1 Å². The summed E-state index contributed by atoms with van der Waals surface area (Å²) >= 11 is 0. The standard InChI is InChI=1S/C17H26FNO/c1-12-7-9-17(20-4,10-8-12)16(19-3)14-5-6-15(18)13(2)11-14/h5-6,11-12,16,19H,7-10H2,1-4H3. The quantitative estimate of drug-likeness (QED) is 0.900. The van der Waals surface area contributed by atoms with Gasteiger partial charge in [0.1, 0.15) is 5.82 Å². The first-order chi connectivity index (χ1) is 9.52. The van der Waals surface area contributed by atoms with E-state index in [0.717, 1.165) is 24.3 Å². The molecule has 1 atom stereocenters. The number of likely N-dealkylation sites (N-methyl/N-ethyl adjacent to an activating group) is 1. The molecule has 0 saturated heterocycles. The number of methoxy groups -OCH3 is 1. The van der Waals surface area contributed by atoms with Crippen molar-refractivity contribution in [1.82, 2.24) is 5.32 Å². The van der Waals surface area contributed by atoms with Gasteiger partial charge in [0.05, 0.1) is 11.6 Å². The van der Waals surface area contributed by atoms with E-state index in [1.807, 2.05) is 26.1 Å². The first kappa shape index (κ1) is 15.5. The Morgan fingerprint density at radius 1 is 1.35 bits per heavy atom. The normalized spacial score (nSPS) is 28.4. The Kier molecular flexibility index (Phi) is 4.82. The Bertz CT molecular complexity index is 452. The van der Waals surface area contributed by atoms with E-state index in [4.69, 9.17) is 4.74 Å². The molecule has 2 rings (SSSR count). The first-order valence-corrected chi connectivity index (χ1v) is 7.51. The van der Waals surface area contributed by atoms with Crippen LogP contribution in [0, 0.1) is 18.7 Å². The summed E-state index contributed by atoms with van der Waals surface area (Å²) in [5.74, 6) is 0.623. The van der Waals surface area contributed by atoms with Crippen molar-refractivity contribution >= 4 is 0 Å². The fourth-order valence-electron chi connectivity index (χ4n) is 3.44. The molecule has 1 N–H and O–H groups in total. The molecule has 1 saturated carbocycles. The van der Waals surface area contributed by atoms with Crippen molar-refractivity contribution in [2.75, 3.05) is 14.2 Å². The van der Waals surface area contributed by atoms with Gasteiger partial charge in [0, 0.05) is 7.11 Å². The summed E-state index contributed by atoms with van der Waals surface area (Å²) in [6.45, 7) is 4.12. The molecule has 112 valence electrons. The molecule has 1 aromatic carbocycles. The zero-order valence-electron chi connectivity index (χ0n) is 13.0. The van der Waals surface area contributed by atoms with Crippen LogP contribution >= 0.6 is 0 Å². The SMILES string of the molecule is CNC(c1ccc(F)c(C)c1)C1(OC)CCC(C)CC1. The molecule has 0 radical (unpaired) electrons. The van der Waals surface area contributed by atoms with E-state index < -0.39 is 0 Å². The summed E-state index contributed by atoms with van der Waals surface area (Å²) in [7, 11) is 3.76. The molecule has 0 bridgehead atoms. The van der Waals surface area contributed by atoms with Crippen molar-refractivity contribution in [2.24, 2.45) is 5.92 Å². The van der Waals surface area contributed by atoms with Gasteiger partial charge in [-0.05, 0) is 62.8 Å². The second-order valence-electron chi connectivity index (χ2n) is 6.18. The smallest absolute Gasteiger partial charge is 0.126 e. The van der Waals surface area contributed by atoms with Crippen LogP contribution in [0.4, 0.5) is 4.39 Å². The third-order valence-corrected chi connectivity index (χ3v) is 4.86. The van der Waals surface area contributed by atoms with Crippen LogP contribution in [-0.4, -0.2) is 19.8 Å². The van der Waals surface area contributed by atoms with E-state index in [9.17, 15) is 4.39 Å². The molecule has 1 unspecified atom stereocenters. The minimum Gasteiger partial charge on any atom is -0.376 e. The van der Waals surface area contributed by atoms with E-state index in [1.165, 1.54) is 12.8 Å². The molecule has 1 aromatic rings. The lowest BCUT2D eigenvalue weighted by Gasteiger charge is -2.44. The average Bonchev–Trinajstić information content (AvgIpc) is 2.46. The molecule has 0 heterocycles. The molecule has 0 spiro atoms. The van der Waals surface area contributed by atoms with Crippen LogP contribution in [0.3, 0.4) is 0 Å². The predicted octanol–water partition coefficient (Wildman–Crippen LogP) is 3.99. The fraction of sp³-hybridized carbons (Fsp3) is 0.647. The molecule has 0 aliphatic heterocycles. The van der Waals surface area contributed by atoms with Crippen LogP contribution in [0.1, 0.15) is 49.8 Å². The zero-order chi connectivity index (χ0) is 14.8. The number of hydrogen-bond acceptors (Lipinski definition) is 2. The topological polar surface area (TPSA) is 21.3 Å². The van der Waals surface area contributed by atoms with Gasteiger partial charge in [-0.15, -0.1) is 0 Å². The Morgan fingerprint density at radius 3 is 2.50 bits per heavy atom. The second kappa shape index (κ2) is 6.23. The summed E-state index contributed by atoms with van der Waals surface area (Å²) in [5.41, 5.74) is 1.63. The Balaban J connectivity index is 2.31. The van der Waals surface area contributed by atoms with E-state index >= 15 is 0 Å². The summed E-state index contributed by atoms with van der Waals surface area (Å²) < 4.78 is 19.4. The van der Waals surface area contributed by atoms with Crippen LogP contribution in [-0.2, 0) is 4.74 Å². The zero-order valence-corrected chi connectivity index (χ0v) is 13.0. The molecule has 20 heavy (non-hydrogen) atoms. The summed E-state index contributed by atoms with van der Waals surface area (Å²) in [6.07, 6.45) is 4.47. The van der Waals surface area contributed by atoms with Crippen LogP contribution < -0.4 is 5.32 Å². The van der Waals surface area contributed by atoms with Crippen LogP contribution in [0.15, 0.2) is 18.2 Å². The van der Waals surface area contributed by atoms with E-state index in [0.29, 0.717) is 5.56 Å². The Morgan fingerprint density at radius 2 is 2.00 bits per heavy atom. The number of nitrogens with one attached hydrogen (secondary N) is 1. The van der Waals surface area contributed by atoms with Crippen molar-refractivity contribution < 1.29 is 9.13 Å². The van der Waals surface area contributed by atoms with Gasteiger partial charge in [-0.1, -0.05) is 19.1 Å². The monoisotopic (exact) mass is 279 g/mol. The number of halogens is 1. The van der Waals surface area contributed by atoms with Gasteiger partial charge >= 0.3 is 0 Å². The minimum atomic E-state index is -0.175. The Labute approximate surface area is 121 Å². The molecule has 0 amide bonds. The number of benzene rings is 1. The number of aryl methyl sites for hydroxylation is 1. The second-order valence-corrected chi connectivity index (χ2v) is 6.18. The molecule has 0 aromatic heterocycles. The minimum absolute atomic E-state index is 0.110. The van der Waals surface area contributed by atoms with E-state index in [-0.39, 0.29) is 17.5 Å². The Hall–Kier alpha value is -0.930. The van der Waals surface area contributed by atoms with Gasteiger partial charge in [0.15, 0.2) is 0 Å². The number of rotatable bonds is 4. The molecular formula is C17H26FNO. The molecular weight excluding hydrogens is 253 g/mol. The highest BCUT2D eigenvalue weighted by molar-refractivity contribution is 5.29. The highest BCUT2D eigenvalue weighted by Crippen LogP contribution is 2.42. The van der Waals surface area contributed by atoms with Crippen LogP contribution in [0.2, 0.25) is 0 Å². The lowest BCUT2D eigenvalue weighted by molar-refractivity contribution is -0.0745. The molecule has 1 aliphatic rings. The maximum absolute atomic E-state index is 13.5. The summed E-state index contributed by atoms with van der Waals surface area (Å²) in [4.78, 5) is 0. The van der Waals surface area contributed by atoms with Crippen molar-refractivity contribution in [1.29, 1.82) is 0 Å². The van der Waals surface area contributed by atoms with Gasteiger partial charge in [-0.3, -0.25) is 0 Å². The van der Waals surface area contributed by atoms with Gasteiger partial charge in [0.25, 0.3) is 0 Å². The van der Waals surface area contributed by atoms with Crippen molar-refractivity contribution in [3.8, 4) is 0 Å². The maximum Gasteiger partial charge on any atom is 0.126 e. The first-order valence-electron chi connectivity index (χ1n) is 7.51. The summed E-state index contributed by atoms with van der Waals surface area (Å²) in [5, 5.41) is 3.39. The van der Waals surface area contributed by atoms with Gasteiger partial charge in [-0.25, -0.2) is 4.39 Å². The van der Waals surface area contributed by atoms with Crippen molar-refractivity contribution in [3.63, 3.8) is 0 Å². The number of ether oxygens (including phenoxy) is 1. The van der Waals surface area contributed by atoms with E-state index in [1.54, 1.807) is 13.2 Å². The summed E-state index contributed by atoms with van der Waals surface area (Å²) in [6, 6.07) is 5.49. The maximum atomic E-state index is 13.5. The number of hydrogen-bond donors (Lipinski definition) is 1. The van der Waals surface area contributed by atoms with Crippen molar-refractivity contribution in [2.45, 2.75) is 51.2 Å². The highest BCUT2D eigenvalue weighted by Gasteiger charge is 2.41. The molecule has 3 heteroatoms. The van der Waals surface area contributed by atoms with E-state index in [2.05, 4.69) is 12.2 Å². The van der Waals surface area contributed by atoms with Gasteiger partial charge in [0.2, 0.25) is 0 Å². The largest absolute Gasteiger partial charge is 0.376 e. The van der Waals surface area contributed by atoms with Gasteiger partial charge < -0.3 is 10.1 Å². The lowest BCUT2D eigenvalue weighted by Crippen LogP contribution is -2.47. The average molecular weight is 279 g/mol. The fourth-order valence-corrected chi connectivity index (χ4v) is 3.44. The highest BCUT2D eigenvalue weighted by atomic mass is 19.1. The predicted molar refractivity (Wildman–Crippen MR) is 80.3 cm³/mol. The third-order valence-electron chi connectivity index (χ3n) is 4.86. The lowest BCUT2D eigenvalue weighted by atomic mass is 9.73. The third kappa shape index (κ3) is 2.89. The van der Waals surface area contributed by atoms with Crippen LogP contribution in [0.25, 0.3) is 0 Å². The van der Waals surface area contributed by atoms with Crippen LogP contribution in [0.5, 0.6) is 0 Å². The molecule has 2 nitrogen and oxygen atoms in total.